The summed E-state index contributed by atoms with van der Waals surface area (Å²) in [5.41, 5.74) is 1.15. The molecule has 2 aromatic carbocycles. The predicted molar refractivity (Wildman–Crippen MR) is 110 cm³/mol. The Kier molecular flexibility index (Phi) is 4.55. The third-order valence-electron chi connectivity index (χ3n) is 4.44. The van der Waals surface area contributed by atoms with Gasteiger partial charge in [-0.3, -0.25) is 9.69 Å². The zero-order chi connectivity index (χ0) is 20.1. The van der Waals surface area contributed by atoms with Gasteiger partial charge in [-0.05, 0) is 30.3 Å². The molecule has 0 N–H and O–H groups in total. The SMILES string of the molecule is Cn1cc(/C=C2/SC(=S)N(c3cccc(C(F)(F)F)c3)C2=O)c2ccccc21. The third-order valence-corrected chi connectivity index (χ3v) is 5.74. The summed E-state index contributed by atoms with van der Waals surface area (Å²) in [6.45, 7) is 0. The summed E-state index contributed by atoms with van der Waals surface area (Å²) >= 11 is 6.35. The van der Waals surface area contributed by atoms with Crippen LogP contribution in [0.25, 0.3) is 17.0 Å². The standard InChI is InChI=1S/C20H13F3N2OS2/c1-24-11-12(15-7-2-3-8-16(15)24)9-17-18(26)25(19(27)28-17)14-6-4-5-13(10-14)20(21,22)23/h2-11H,1H3/b17-9+. The van der Waals surface area contributed by atoms with Crippen molar-refractivity contribution in [3.05, 3.63) is 70.8 Å². The van der Waals surface area contributed by atoms with Crippen molar-refractivity contribution in [2.45, 2.75) is 6.18 Å². The fourth-order valence-corrected chi connectivity index (χ4v) is 4.43. The number of para-hydroxylation sites is 1. The third kappa shape index (κ3) is 3.22. The smallest absolute Gasteiger partial charge is 0.350 e. The Hall–Kier alpha value is -2.58. The van der Waals surface area contributed by atoms with Gasteiger partial charge in [0, 0.05) is 29.7 Å². The van der Waals surface area contributed by atoms with E-state index in [1.807, 2.05) is 42.1 Å². The maximum atomic E-state index is 13.0. The van der Waals surface area contributed by atoms with Gasteiger partial charge in [0.1, 0.15) is 0 Å². The van der Waals surface area contributed by atoms with E-state index in [2.05, 4.69) is 0 Å². The molecule has 1 amide bonds. The number of carbonyl (C=O) groups is 1. The van der Waals surface area contributed by atoms with Crippen LogP contribution in [0, 0.1) is 0 Å². The minimum Gasteiger partial charge on any atom is -0.350 e. The van der Waals surface area contributed by atoms with E-state index in [-0.39, 0.29) is 10.0 Å². The Bertz CT molecular complexity index is 1150. The zero-order valence-electron chi connectivity index (χ0n) is 14.5. The molecule has 4 rings (SSSR count). The van der Waals surface area contributed by atoms with Gasteiger partial charge in [-0.2, -0.15) is 13.2 Å². The van der Waals surface area contributed by atoms with Gasteiger partial charge in [0.25, 0.3) is 5.91 Å². The summed E-state index contributed by atoms with van der Waals surface area (Å²) in [5.74, 6) is -0.428. The Morgan fingerprint density at radius 3 is 2.61 bits per heavy atom. The fraction of sp³-hybridized carbons (Fsp3) is 0.100. The van der Waals surface area contributed by atoms with Crippen molar-refractivity contribution < 1.29 is 18.0 Å². The van der Waals surface area contributed by atoms with E-state index in [0.717, 1.165) is 45.3 Å². The summed E-state index contributed by atoms with van der Waals surface area (Å²) < 4.78 is 41.2. The number of aryl methyl sites for hydroxylation is 1. The zero-order valence-corrected chi connectivity index (χ0v) is 16.2. The highest BCUT2D eigenvalue weighted by Crippen LogP contribution is 2.39. The summed E-state index contributed by atoms with van der Waals surface area (Å²) in [6, 6.07) is 12.4. The first-order chi connectivity index (χ1) is 13.3. The molecular weight excluding hydrogens is 405 g/mol. The quantitative estimate of drug-likeness (QED) is 0.400. The van der Waals surface area contributed by atoms with E-state index in [4.69, 9.17) is 12.2 Å². The van der Waals surface area contributed by atoms with Crippen molar-refractivity contribution in [3.8, 4) is 0 Å². The minimum atomic E-state index is -4.49. The Labute approximate surface area is 168 Å². The Balaban J connectivity index is 1.73. The predicted octanol–water partition coefficient (Wildman–Crippen LogP) is 5.60. The van der Waals surface area contributed by atoms with E-state index in [1.54, 1.807) is 6.08 Å². The molecule has 2 heterocycles. The van der Waals surface area contributed by atoms with E-state index >= 15 is 0 Å². The maximum Gasteiger partial charge on any atom is 0.416 e. The normalized spacial score (nSPS) is 16.6. The molecule has 0 aliphatic carbocycles. The summed E-state index contributed by atoms with van der Waals surface area (Å²) in [4.78, 5) is 14.4. The monoisotopic (exact) mass is 418 g/mol. The molecule has 1 aliphatic heterocycles. The number of amides is 1. The van der Waals surface area contributed by atoms with Crippen LogP contribution in [0.15, 0.2) is 59.6 Å². The van der Waals surface area contributed by atoms with Gasteiger partial charge >= 0.3 is 6.18 Å². The molecule has 0 unspecified atom stereocenters. The van der Waals surface area contributed by atoms with Crippen molar-refractivity contribution >= 4 is 56.9 Å². The minimum absolute atomic E-state index is 0.110. The van der Waals surface area contributed by atoms with Crippen molar-refractivity contribution in [1.29, 1.82) is 0 Å². The molecule has 1 saturated heterocycles. The number of thioether (sulfide) groups is 1. The maximum absolute atomic E-state index is 13.0. The van der Waals surface area contributed by atoms with Crippen LogP contribution >= 0.6 is 24.0 Å². The average Bonchev–Trinajstić information content (AvgIpc) is 3.11. The molecule has 0 spiro atoms. The number of rotatable bonds is 2. The molecule has 28 heavy (non-hydrogen) atoms. The molecule has 0 saturated carbocycles. The second-order valence-corrected chi connectivity index (χ2v) is 7.95. The number of benzene rings is 2. The lowest BCUT2D eigenvalue weighted by molar-refractivity contribution is -0.137. The number of anilines is 1. The van der Waals surface area contributed by atoms with Gasteiger partial charge in [-0.15, -0.1) is 0 Å². The van der Waals surface area contributed by atoms with Crippen LogP contribution in [0.5, 0.6) is 0 Å². The molecule has 1 aromatic heterocycles. The molecule has 0 atom stereocenters. The van der Waals surface area contributed by atoms with Crippen LogP contribution in [0.4, 0.5) is 18.9 Å². The van der Waals surface area contributed by atoms with Gasteiger partial charge in [0.15, 0.2) is 4.32 Å². The van der Waals surface area contributed by atoms with Crippen LogP contribution in [0.2, 0.25) is 0 Å². The van der Waals surface area contributed by atoms with Crippen LogP contribution in [0.3, 0.4) is 0 Å². The topological polar surface area (TPSA) is 25.2 Å². The largest absolute Gasteiger partial charge is 0.416 e. The number of halogens is 3. The molecule has 3 nitrogen and oxygen atoms in total. The number of alkyl halides is 3. The lowest BCUT2D eigenvalue weighted by Gasteiger charge is -2.16. The average molecular weight is 418 g/mol. The molecular formula is C20H13F3N2OS2. The van der Waals surface area contributed by atoms with Crippen molar-refractivity contribution in [2.75, 3.05) is 4.90 Å². The first-order valence-electron chi connectivity index (χ1n) is 8.25. The Morgan fingerprint density at radius 2 is 1.86 bits per heavy atom. The van der Waals surface area contributed by atoms with Crippen molar-refractivity contribution in [3.63, 3.8) is 0 Å². The van der Waals surface area contributed by atoms with Crippen LogP contribution in [-0.4, -0.2) is 14.8 Å². The second-order valence-electron chi connectivity index (χ2n) is 6.28. The molecule has 3 aromatic rings. The summed E-state index contributed by atoms with van der Waals surface area (Å²) in [5, 5.41) is 0.981. The van der Waals surface area contributed by atoms with E-state index in [9.17, 15) is 18.0 Å². The molecule has 0 radical (unpaired) electrons. The Morgan fingerprint density at radius 1 is 1.11 bits per heavy atom. The first-order valence-corrected chi connectivity index (χ1v) is 9.47. The lowest BCUT2D eigenvalue weighted by atomic mass is 10.1. The summed E-state index contributed by atoms with van der Waals surface area (Å²) in [6.07, 6.45) is -0.855. The fourth-order valence-electron chi connectivity index (χ4n) is 3.14. The first kappa shape index (κ1) is 18.8. The number of aromatic nitrogens is 1. The van der Waals surface area contributed by atoms with E-state index < -0.39 is 17.6 Å². The van der Waals surface area contributed by atoms with Crippen molar-refractivity contribution in [1.82, 2.24) is 4.57 Å². The molecule has 1 fully saturated rings. The highest BCUT2D eigenvalue weighted by atomic mass is 32.2. The van der Waals surface area contributed by atoms with Gasteiger partial charge in [-0.1, -0.05) is 48.2 Å². The number of hydrogen-bond donors (Lipinski definition) is 0. The number of thiocarbonyl (C=S) groups is 1. The number of fused-ring (bicyclic) bond motifs is 1. The van der Waals surface area contributed by atoms with Gasteiger partial charge in [0.05, 0.1) is 16.2 Å². The van der Waals surface area contributed by atoms with Gasteiger partial charge in [0.2, 0.25) is 0 Å². The molecule has 142 valence electrons. The molecule has 0 bridgehead atoms. The van der Waals surface area contributed by atoms with Crippen LogP contribution < -0.4 is 4.90 Å². The lowest BCUT2D eigenvalue weighted by Crippen LogP contribution is -2.27. The number of nitrogens with zero attached hydrogens (tertiary/aromatic N) is 2. The highest BCUT2D eigenvalue weighted by molar-refractivity contribution is 8.27. The van der Waals surface area contributed by atoms with E-state index in [1.165, 1.54) is 12.1 Å². The molecule has 1 aliphatic rings. The summed E-state index contributed by atoms with van der Waals surface area (Å²) in [7, 11) is 1.91. The van der Waals surface area contributed by atoms with Crippen LogP contribution in [0.1, 0.15) is 11.1 Å². The number of hydrogen-bond acceptors (Lipinski definition) is 3. The number of carbonyl (C=O) groups excluding carboxylic acids is 1. The second kappa shape index (κ2) is 6.79. The van der Waals surface area contributed by atoms with Gasteiger partial charge in [-0.25, -0.2) is 0 Å². The van der Waals surface area contributed by atoms with E-state index in [0.29, 0.717) is 4.91 Å². The van der Waals surface area contributed by atoms with Crippen LogP contribution in [-0.2, 0) is 18.0 Å². The molecule has 8 heteroatoms. The van der Waals surface area contributed by atoms with Gasteiger partial charge < -0.3 is 4.57 Å². The van der Waals surface area contributed by atoms with Crippen molar-refractivity contribution in [2.24, 2.45) is 7.05 Å². The highest BCUT2D eigenvalue weighted by Gasteiger charge is 2.36.